The van der Waals surface area contributed by atoms with Crippen LogP contribution in [-0.4, -0.2) is 51.2 Å². The van der Waals surface area contributed by atoms with Gasteiger partial charge in [-0.25, -0.2) is 0 Å². The van der Waals surface area contributed by atoms with Crippen LogP contribution >= 0.6 is 11.8 Å². The lowest BCUT2D eigenvalue weighted by Gasteiger charge is -2.47. The number of benzene rings is 1. The normalized spacial score (nSPS) is 28.8. The van der Waals surface area contributed by atoms with Crippen molar-refractivity contribution >= 4 is 17.7 Å². The molecule has 0 aromatic heterocycles. The molecule has 1 saturated carbocycles. The van der Waals surface area contributed by atoms with Gasteiger partial charge in [-0.1, -0.05) is 6.07 Å². The van der Waals surface area contributed by atoms with E-state index in [1.165, 1.54) is 11.8 Å². The van der Waals surface area contributed by atoms with Crippen molar-refractivity contribution in [3.63, 3.8) is 0 Å². The lowest BCUT2D eigenvalue weighted by Crippen LogP contribution is -2.63. The molecule has 23 heavy (non-hydrogen) atoms. The summed E-state index contributed by atoms with van der Waals surface area (Å²) in [6.07, 6.45) is 1.28. The van der Waals surface area contributed by atoms with Crippen LogP contribution in [0.3, 0.4) is 0 Å². The zero-order valence-electron chi connectivity index (χ0n) is 13.5. The largest absolute Gasteiger partial charge is 0.497 e. The average Bonchev–Trinajstić information content (AvgIpc) is 3.00. The van der Waals surface area contributed by atoms with Crippen molar-refractivity contribution in [3.8, 4) is 5.75 Å². The smallest absolute Gasteiger partial charge is 0.230 e. The van der Waals surface area contributed by atoms with E-state index >= 15 is 0 Å². The molecule has 1 N–H and O–H groups in total. The zero-order chi connectivity index (χ0) is 16.2. The first-order valence-electron chi connectivity index (χ1n) is 7.89. The van der Waals surface area contributed by atoms with Gasteiger partial charge in [-0.15, -0.1) is 11.8 Å². The Balaban J connectivity index is 1.50. The van der Waals surface area contributed by atoms with Crippen molar-refractivity contribution in [1.29, 1.82) is 0 Å². The number of amides is 1. The monoisotopic (exact) mass is 337 g/mol. The van der Waals surface area contributed by atoms with Crippen molar-refractivity contribution in [2.75, 3.05) is 33.2 Å². The van der Waals surface area contributed by atoms with Crippen LogP contribution in [0.1, 0.15) is 6.42 Å². The van der Waals surface area contributed by atoms with Crippen molar-refractivity contribution in [1.82, 2.24) is 5.32 Å². The van der Waals surface area contributed by atoms with Crippen LogP contribution in [0.4, 0.5) is 0 Å². The molecule has 2 aliphatic rings. The van der Waals surface area contributed by atoms with Crippen molar-refractivity contribution in [3.05, 3.63) is 24.3 Å². The molecule has 1 saturated heterocycles. The standard InChI is InChI=1S/C17H23NO4S/c1-20-9-14-16(13-6-7-22-17(13)14)18-15(19)10-23-12-5-3-4-11(8-12)21-2/h3-5,8,13-14,16-17H,6-7,9-10H2,1-2H3,(H,18,19)/t13-,14+,16+,17-/m0/s1. The number of hydrogen-bond donors (Lipinski definition) is 1. The summed E-state index contributed by atoms with van der Waals surface area (Å²) in [5, 5.41) is 3.17. The molecule has 0 radical (unpaired) electrons. The van der Waals surface area contributed by atoms with Gasteiger partial charge in [-0.05, 0) is 24.6 Å². The van der Waals surface area contributed by atoms with Crippen molar-refractivity contribution in [2.45, 2.75) is 23.5 Å². The summed E-state index contributed by atoms with van der Waals surface area (Å²) in [4.78, 5) is 13.3. The SMILES string of the molecule is COC[C@@H]1[C@H](NC(=O)CSc2cccc(OC)c2)[C@@H]2CCO[C@H]12. The molecule has 6 heteroatoms. The summed E-state index contributed by atoms with van der Waals surface area (Å²) < 4.78 is 16.2. The number of hydrogen-bond acceptors (Lipinski definition) is 5. The Morgan fingerprint density at radius 1 is 1.43 bits per heavy atom. The number of carbonyl (C=O) groups excluding carboxylic acids is 1. The molecule has 0 unspecified atom stereocenters. The van der Waals surface area contributed by atoms with Gasteiger partial charge in [-0.3, -0.25) is 4.79 Å². The minimum Gasteiger partial charge on any atom is -0.497 e. The number of carbonyl (C=O) groups is 1. The Morgan fingerprint density at radius 2 is 2.30 bits per heavy atom. The molecule has 1 amide bonds. The number of rotatable bonds is 7. The first-order chi connectivity index (χ1) is 11.2. The van der Waals surface area contributed by atoms with Gasteiger partial charge in [0.05, 0.1) is 25.6 Å². The fourth-order valence-electron chi connectivity index (χ4n) is 3.50. The van der Waals surface area contributed by atoms with Gasteiger partial charge < -0.3 is 19.5 Å². The van der Waals surface area contributed by atoms with Crippen LogP contribution < -0.4 is 10.1 Å². The molecule has 3 rings (SSSR count). The summed E-state index contributed by atoms with van der Waals surface area (Å²) in [5.74, 6) is 2.00. The van der Waals surface area contributed by atoms with E-state index in [0.29, 0.717) is 18.3 Å². The summed E-state index contributed by atoms with van der Waals surface area (Å²) in [6.45, 7) is 1.43. The van der Waals surface area contributed by atoms with Gasteiger partial charge in [-0.2, -0.15) is 0 Å². The molecule has 0 spiro atoms. The first kappa shape index (κ1) is 16.6. The highest BCUT2D eigenvalue weighted by Gasteiger charge is 2.54. The number of ether oxygens (including phenoxy) is 3. The van der Waals surface area contributed by atoms with E-state index in [1.54, 1.807) is 14.2 Å². The molecule has 1 aromatic carbocycles. The lowest BCUT2D eigenvalue weighted by atomic mass is 9.67. The summed E-state index contributed by atoms with van der Waals surface area (Å²) in [6, 6.07) is 7.93. The molecule has 4 atom stereocenters. The van der Waals surface area contributed by atoms with E-state index in [2.05, 4.69) is 5.32 Å². The van der Waals surface area contributed by atoms with Gasteiger partial charge >= 0.3 is 0 Å². The van der Waals surface area contributed by atoms with Crippen molar-refractivity contribution < 1.29 is 19.0 Å². The topological polar surface area (TPSA) is 56.8 Å². The molecule has 5 nitrogen and oxygen atoms in total. The minimum atomic E-state index is 0.0641. The summed E-state index contributed by atoms with van der Waals surface area (Å²) in [7, 11) is 3.34. The van der Waals surface area contributed by atoms with Crippen molar-refractivity contribution in [2.24, 2.45) is 11.8 Å². The lowest BCUT2D eigenvalue weighted by molar-refractivity contribution is -0.127. The third kappa shape index (κ3) is 3.65. The van der Waals surface area contributed by atoms with Crippen LogP contribution in [0.2, 0.25) is 0 Å². The van der Waals surface area contributed by atoms with Crippen LogP contribution in [0, 0.1) is 11.8 Å². The zero-order valence-corrected chi connectivity index (χ0v) is 14.3. The van der Waals surface area contributed by atoms with Crippen LogP contribution in [-0.2, 0) is 14.3 Å². The Kier molecular flexibility index (Phi) is 5.46. The third-order valence-corrected chi connectivity index (χ3v) is 5.62. The molecule has 0 bridgehead atoms. The van der Waals surface area contributed by atoms with E-state index < -0.39 is 0 Å². The second-order valence-corrected chi connectivity index (χ2v) is 7.02. The fraction of sp³-hybridized carbons (Fsp3) is 0.588. The average molecular weight is 337 g/mol. The van der Waals surface area contributed by atoms with Crippen LogP contribution in [0.5, 0.6) is 5.75 Å². The summed E-state index contributed by atoms with van der Waals surface area (Å²) in [5.41, 5.74) is 0. The van der Waals surface area contributed by atoms with E-state index in [9.17, 15) is 4.79 Å². The predicted octanol–water partition coefficient (Wildman–Crippen LogP) is 1.95. The Bertz CT molecular complexity index is 553. The fourth-order valence-corrected chi connectivity index (χ4v) is 4.26. The molecular formula is C17H23NO4S. The molecular weight excluding hydrogens is 314 g/mol. The maximum absolute atomic E-state index is 12.3. The Morgan fingerprint density at radius 3 is 3.09 bits per heavy atom. The van der Waals surface area contributed by atoms with E-state index in [1.807, 2.05) is 24.3 Å². The minimum absolute atomic E-state index is 0.0641. The molecule has 1 aromatic rings. The maximum Gasteiger partial charge on any atom is 0.230 e. The summed E-state index contributed by atoms with van der Waals surface area (Å²) >= 11 is 1.52. The molecule has 1 aliphatic heterocycles. The van der Waals surface area contributed by atoms with E-state index in [0.717, 1.165) is 23.7 Å². The first-order valence-corrected chi connectivity index (χ1v) is 8.88. The molecule has 2 fully saturated rings. The quantitative estimate of drug-likeness (QED) is 0.771. The second kappa shape index (κ2) is 7.55. The highest BCUT2D eigenvalue weighted by molar-refractivity contribution is 8.00. The predicted molar refractivity (Wildman–Crippen MR) is 88.9 cm³/mol. The van der Waals surface area contributed by atoms with Crippen LogP contribution in [0.25, 0.3) is 0 Å². The third-order valence-electron chi connectivity index (χ3n) is 4.63. The van der Waals surface area contributed by atoms with Crippen LogP contribution in [0.15, 0.2) is 29.2 Å². The molecule has 1 aliphatic carbocycles. The number of fused-ring (bicyclic) bond motifs is 1. The number of methoxy groups -OCH3 is 2. The molecule has 126 valence electrons. The Labute approximate surface area is 141 Å². The second-order valence-electron chi connectivity index (χ2n) is 5.97. The highest BCUT2D eigenvalue weighted by Crippen LogP contribution is 2.43. The van der Waals surface area contributed by atoms with Gasteiger partial charge in [0.15, 0.2) is 0 Å². The Hall–Kier alpha value is -1.24. The van der Waals surface area contributed by atoms with E-state index in [-0.39, 0.29) is 24.0 Å². The van der Waals surface area contributed by atoms with E-state index in [4.69, 9.17) is 14.2 Å². The van der Waals surface area contributed by atoms with Gasteiger partial charge in [0.2, 0.25) is 5.91 Å². The van der Waals surface area contributed by atoms with Gasteiger partial charge in [0.25, 0.3) is 0 Å². The number of thioether (sulfide) groups is 1. The maximum atomic E-state index is 12.3. The number of nitrogens with one attached hydrogen (secondary N) is 1. The molecule has 1 heterocycles. The highest BCUT2D eigenvalue weighted by atomic mass is 32.2. The van der Waals surface area contributed by atoms with Gasteiger partial charge in [0, 0.05) is 36.5 Å². The van der Waals surface area contributed by atoms with Gasteiger partial charge in [0.1, 0.15) is 5.75 Å².